The summed E-state index contributed by atoms with van der Waals surface area (Å²) in [6.07, 6.45) is 2.40. The van der Waals surface area contributed by atoms with Gasteiger partial charge in [0.15, 0.2) is 23.3 Å². The minimum Gasteiger partial charge on any atom is -0.457 e. The summed E-state index contributed by atoms with van der Waals surface area (Å²) in [6.45, 7) is -0.729. The summed E-state index contributed by atoms with van der Waals surface area (Å²) < 4.78 is 27.6. The molecule has 8 atom stereocenters. The smallest absolute Gasteiger partial charge is 0.168 e. The van der Waals surface area contributed by atoms with Crippen molar-refractivity contribution in [2.75, 3.05) is 0 Å². The largest absolute Gasteiger partial charge is 0.457 e. The van der Waals surface area contributed by atoms with Crippen molar-refractivity contribution in [1.29, 1.82) is 0 Å². The maximum absolute atomic E-state index is 6.91. The Bertz CT molecular complexity index is 5040. The Hall–Kier alpha value is -8.12. The minimum atomic E-state index is -0.443. The molecule has 450 valence electrons. The highest BCUT2D eigenvalue weighted by Gasteiger charge is 2.61. The maximum Gasteiger partial charge on any atom is 0.168 e. The summed E-state index contributed by atoms with van der Waals surface area (Å²) >= 11 is 0. The van der Waals surface area contributed by atoms with E-state index in [0.717, 1.165) is 22.3 Å². The number of fused-ring (bicyclic) bond motifs is 20. The van der Waals surface area contributed by atoms with Gasteiger partial charge in [-0.2, -0.15) is 0 Å². The number of aromatic amines is 2. The lowest BCUT2D eigenvalue weighted by atomic mass is 9.38. The second kappa shape index (κ2) is 27.0. The fourth-order valence-corrected chi connectivity index (χ4v) is 16.2. The van der Waals surface area contributed by atoms with Crippen LogP contribution in [0.3, 0.4) is 0 Å². The minimum absolute atomic E-state index is 0.0340. The van der Waals surface area contributed by atoms with Crippen LogP contribution in [0.1, 0.15) is 22.3 Å². The van der Waals surface area contributed by atoms with Crippen LogP contribution in [0.25, 0.3) is 89.7 Å². The Morgan fingerprint density at radius 1 is 0.317 bits per heavy atom. The van der Waals surface area contributed by atoms with Gasteiger partial charge in [-0.3, -0.25) is 0 Å². The van der Waals surface area contributed by atoms with E-state index in [1.54, 1.807) is 57.4 Å². The van der Waals surface area contributed by atoms with Crippen molar-refractivity contribution < 1.29 is 18.9 Å². The van der Waals surface area contributed by atoms with Crippen molar-refractivity contribution in [2.24, 2.45) is 0 Å². The molecular weight excluding hydrogens is 1250 g/mol. The molecule has 6 aliphatic heterocycles. The third-order valence-electron chi connectivity index (χ3n) is 22.6. The monoisotopic (exact) mass is 1300 g/mol. The molecule has 0 spiro atoms. The number of aromatic nitrogens is 8. The van der Waals surface area contributed by atoms with Crippen LogP contribution in [0, 0.1) is 0 Å². The Morgan fingerprint density at radius 3 is 0.865 bits per heavy atom. The third-order valence-corrected chi connectivity index (χ3v) is 22.6. The molecule has 8 aromatic carbocycles. The van der Waals surface area contributed by atoms with E-state index in [9.17, 15) is 0 Å². The average molecular weight is 1300 g/mol. The maximum atomic E-state index is 6.91. The van der Waals surface area contributed by atoms with E-state index in [1.807, 2.05) is 170 Å². The van der Waals surface area contributed by atoms with Crippen LogP contribution in [0.2, 0.25) is 43.7 Å². The van der Waals surface area contributed by atoms with Crippen molar-refractivity contribution in [2.45, 2.75) is 69.4 Å². The van der Waals surface area contributed by atoms with E-state index in [1.165, 1.54) is 0 Å². The molecule has 2 N–H and O–H groups in total. The van der Waals surface area contributed by atoms with Crippen molar-refractivity contribution >= 4 is 221 Å². The van der Waals surface area contributed by atoms with Crippen LogP contribution in [-0.4, -0.2) is 216 Å². The first-order valence-electron chi connectivity index (χ1n) is 34.5. The first-order chi connectivity index (χ1) is 50.6. The van der Waals surface area contributed by atoms with Crippen LogP contribution in [0.15, 0.2) is 170 Å². The molecule has 6 aliphatic rings. The third kappa shape index (κ3) is 11.6. The highest BCUT2D eigenvalue weighted by atomic mass is 16.5. The molecular formula is C68H42B24N8O4. The van der Waals surface area contributed by atoms with Gasteiger partial charge in [-0.15, -0.1) is 43.7 Å². The lowest BCUT2D eigenvalue weighted by molar-refractivity contribution is 0.484. The molecule has 0 saturated carbocycles. The van der Waals surface area contributed by atoms with Gasteiger partial charge in [0.25, 0.3) is 0 Å². The summed E-state index contributed by atoms with van der Waals surface area (Å²) in [4.78, 5) is 39.8. The average Bonchev–Trinajstić information content (AvgIpc) is 1.57. The summed E-state index contributed by atoms with van der Waals surface area (Å²) in [5.41, 5.74) is 7.86. The first kappa shape index (κ1) is 69.0. The predicted octanol–water partition coefficient (Wildman–Crippen LogP) is 7.31. The van der Waals surface area contributed by atoms with Crippen molar-refractivity contribution in [3.63, 3.8) is 0 Å². The number of hydrogen-bond acceptors (Lipinski definition) is 10. The van der Waals surface area contributed by atoms with E-state index in [0.29, 0.717) is 150 Å². The highest BCUT2D eigenvalue weighted by Crippen LogP contribution is 2.64. The topological polar surface area (TPSA) is 146 Å². The van der Waals surface area contributed by atoms with E-state index < -0.39 is 20.9 Å². The van der Waals surface area contributed by atoms with Gasteiger partial charge in [0.2, 0.25) is 0 Å². The molecule has 9 heterocycles. The van der Waals surface area contributed by atoms with Gasteiger partial charge in [0, 0.05) is 143 Å². The highest BCUT2D eigenvalue weighted by molar-refractivity contribution is 7.30. The number of rotatable bonds is 24. The van der Waals surface area contributed by atoms with Gasteiger partial charge >= 0.3 is 0 Å². The van der Waals surface area contributed by atoms with Gasteiger partial charge < -0.3 is 28.9 Å². The Kier molecular flexibility index (Phi) is 17.9. The van der Waals surface area contributed by atoms with Crippen molar-refractivity contribution in [1.82, 2.24) is 39.9 Å². The molecule has 4 fully saturated rings. The molecule has 3 aromatic heterocycles. The second-order valence-electron chi connectivity index (χ2n) is 28.1. The van der Waals surface area contributed by atoms with Gasteiger partial charge in [0.05, 0.1) is 77.0 Å². The quantitative estimate of drug-likeness (QED) is 0.0592. The normalized spacial score (nSPS) is 22.2. The summed E-state index contributed by atoms with van der Waals surface area (Å²) in [7, 11) is 88.0. The van der Waals surface area contributed by atoms with Crippen LogP contribution in [0.4, 0.5) is 0 Å². The van der Waals surface area contributed by atoms with Crippen LogP contribution in [0.5, 0.6) is 46.0 Å². The Balaban J connectivity index is 0.840. The van der Waals surface area contributed by atoms with E-state index in [-0.39, 0.29) is 60.9 Å². The molecule has 11 aromatic rings. The number of H-pyrrole nitrogens is 2. The van der Waals surface area contributed by atoms with Gasteiger partial charge in [-0.25, -0.2) is 29.9 Å². The summed E-state index contributed by atoms with van der Waals surface area (Å²) in [6, 6.07) is 54.3. The number of benzene rings is 8. The van der Waals surface area contributed by atoms with Crippen molar-refractivity contribution in [3.05, 3.63) is 192 Å². The molecule has 104 heavy (non-hydrogen) atoms. The van der Waals surface area contributed by atoms with Gasteiger partial charge in [-0.1, -0.05) is 97.1 Å². The van der Waals surface area contributed by atoms with Gasteiger partial charge in [-0.05, 0) is 121 Å². The molecule has 12 nitrogen and oxygen atoms in total. The fraction of sp³-hybridized carbons (Fsp3) is 0.176. The standard InChI is InChI=1S/C68H42B24N8O4/c69-81-61-65(85-73,89(61)77)29-33-13-21-37(22-14-33)101-45-9-1-5-41-49(45)57-95-53(41)93-54-42-6-2-10-46(102-38-23-15-34(16-24-38)30-66(86-74)62(82-70)90(66)78)50(42)59(96-54)100-60-52-44(8-4-12-48(52)104-40-27-19-36(20-28-40)32-68(88-76)64(84-72)92(68)80)56(98-60)94-55-43-7-3-11-47(51(43)58(97-55)99-57)103-39-25-17-35(18-26-39)31-67(87-75)63(83-71)91(67)79/h1-28,61-64H,29-32H2,(H2,93,94,95,96,97,98,99,100)/i81+0,82+0,83+0,84+0,85+0,86+0,87+0,88+0,89+0,90+0,91+0,92+0. The molecule has 4 saturated heterocycles. The zero-order valence-electron chi connectivity index (χ0n) is 56.5. The SMILES string of the molecule is [B][11B]C1[11B]([B])C1([11B][B])Cc1ccc(Oc2cccc3c2-c2nc-3nc3[nH]c(nc4nc(nc5[nH]c(n2)c2c(Oc6ccc(CC7([11B][B])[11B]([B])C7[11B][B])cc6)cccc52)-c2cccc(Oc5ccc(CC6([11B][B])[11B]([B])C6[11B][B])cc5)c2-4)c2c(Oc4ccc(CC5([11B][B])[11B]([B])C5[11B][B])cc4)cccc32)cc1. The second-order valence-corrected chi connectivity index (χ2v) is 28.1. The number of hydrogen-bond donors (Lipinski definition) is 2. The van der Waals surface area contributed by atoms with Gasteiger partial charge in [0.1, 0.15) is 68.6 Å². The zero-order valence-corrected chi connectivity index (χ0v) is 56.5. The number of nitrogens with zero attached hydrogens (tertiary/aromatic N) is 6. The molecule has 8 bridgehead atoms. The Morgan fingerprint density at radius 2 is 0.587 bits per heavy atom. The van der Waals surface area contributed by atoms with E-state index in [2.05, 4.69) is 9.97 Å². The molecule has 0 amide bonds. The molecule has 8 unspecified atom stereocenters. The number of nitrogens with one attached hydrogen (secondary N) is 2. The van der Waals surface area contributed by atoms with E-state index in [4.69, 9.17) is 142 Å². The fourth-order valence-electron chi connectivity index (χ4n) is 16.2. The van der Waals surface area contributed by atoms with Crippen LogP contribution in [-0.2, 0) is 25.7 Å². The zero-order chi connectivity index (χ0) is 71.6. The van der Waals surface area contributed by atoms with E-state index >= 15 is 0 Å². The summed E-state index contributed by atoms with van der Waals surface area (Å²) in [5, 5.41) is 0.731. The number of ether oxygens (including phenoxy) is 4. The van der Waals surface area contributed by atoms with Crippen LogP contribution < -0.4 is 18.9 Å². The molecule has 36 heteroatoms. The first-order valence-corrected chi connectivity index (χ1v) is 34.5. The lowest BCUT2D eigenvalue weighted by Crippen LogP contribution is -2.15. The Labute approximate surface area is 628 Å². The van der Waals surface area contributed by atoms with Crippen LogP contribution >= 0.6 is 0 Å². The molecule has 32 radical (unpaired) electrons. The molecule has 0 aliphatic carbocycles. The predicted molar refractivity (Wildman–Crippen MR) is 441 cm³/mol. The summed E-state index contributed by atoms with van der Waals surface area (Å²) in [5.74, 6) is 5.29. The lowest BCUT2D eigenvalue weighted by Gasteiger charge is -2.18. The molecule has 17 rings (SSSR count). The van der Waals surface area contributed by atoms with Crippen molar-refractivity contribution in [3.8, 4) is 91.5 Å².